The lowest BCUT2D eigenvalue weighted by atomic mass is 9.73. The molecule has 3 nitrogen and oxygen atoms in total. The Hall–Kier alpha value is -1.97. The van der Waals surface area contributed by atoms with Crippen molar-refractivity contribution in [2.24, 2.45) is 0 Å². The van der Waals surface area contributed by atoms with Crippen LogP contribution in [0.4, 0.5) is 0 Å². The topological polar surface area (TPSA) is 35.5 Å². The van der Waals surface area contributed by atoms with Crippen molar-refractivity contribution < 1.29 is 14.3 Å². The van der Waals surface area contributed by atoms with Crippen molar-refractivity contribution in [1.82, 2.24) is 0 Å². The molecule has 0 aromatic heterocycles. The molecule has 0 bridgehead atoms. The molecule has 0 saturated heterocycles. The fraction of sp³-hybridized carbons (Fsp3) is 0.381. The third-order valence-corrected chi connectivity index (χ3v) is 5.14. The van der Waals surface area contributed by atoms with Gasteiger partial charge in [-0.3, -0.25) is 4.79 Å². The zero-order valence-electron chi connectivity index (χ0n) is 14.6. The van der Waals surface area contributed by atoms with Gasteiger partial charge in [-0.15, -0.1) is 0 Å². The number of methoxy groups -OCH3 is 2. The third-order valence-electron chi connectivity index (χ3n) is 5.14. The van der Waals surface area contributed by atoms with Crippen molar-refractivity contribution in [2.45, 2.75) is 25.2 Å². The summed E-state index contributed by atoms with van der Waals surface area (Å²) in [6.45, 7) is 2.96. The number of rotatable bonds is 7. The van der Waals surface area contributed by atoms with Gasteiger partial charge >= 0.3 is 0 Å². The molecule has 0 atom stereocenters. The second-order valence-corrected chi connectivity index (χ2v) is 6.43. The summed E-state index contributed by atoms with van der Waals surface area (Å²) in [6, 6.07) is 14.6. The first-order valence-electron chi connectivity index (χ1n) is 8.37. The molecule has 2 aromatic rings. The SMILES string of the molecule is COCCC1(CCOC)c2ccccc2-c2ccc(C(C)=O)cc21. The second kappa shape index (κ2) is 6.88. The number of Topliss-reactive ketones (excluding diaryl/α,β-unsaturated/α-hetero) is 1. The van der Waals surface area contributed by atoms with Gasteiger partial charge in [-0.1, -0.05) is 36.4 Å². The van der Waals surface area contributed by atoms with Crippen LogP contribution in [0.5, 0.6) is 0 Å². The molecule has 1 aliphatic rings. The Bertz CT molecular complexity index is 740. The minimum atomic E-state index is -0.163. The predicted molar refractivity (Wildman–Crippen MR) is 95.6 cm³/mol. The van der Waals surface area contributed by atoms with Crippen molar-refractivity contribution in [3.05, 3.63) is 59.2 Å². The molecule has 0 fully saturated rings. The lowest BCUT2D eigenvalue weighted by Gasteiger charge is -2.32. The zero-order valence-corrected chi connectivity index (χ0v) is 14.6. The van der Waals surface area contributed by atoms with Crippen molar-refractivity contribution >= 4 is 5.78 Å². The number of benzene rings is 2. The monoisotopic (exact) mass is 324 g/mol. The maximum atomic E-state index is 11.9. The molecule has 24 heavy (non-hydrogen) atoms. The number of ketones is 1. The summed E-state index contributed by atoms with van der Waals surface area (Å²) in [4.78, 5) is 11.9. The molecule has 0 radical (unpaired) electrons. The normalized spacial score (nSPS) is 14.3. The van der Waals surface area contributed by atoms with E-state index < -0.39 is 0 Å². The van der Waals surface area contributed by atoms with Crippen molar-refractivity contribution in [3.63, 3.8) is 0 Å². The smallest absolute Gasteiger partial charge is 0.159 e. The van der Waals surface area contributed by atoms with Crippen LogP contribution in [0.25, 0.3) is 11.1 Å². The lowest BCUT2D eigenvalue weighted by molar-refractivity contribution is 0.101. The Morgan fingerprint density at radius 3 is 2.17 bits per heavy atom. The summed E-state index contributed by atoms with van der Waals surface area (Å²) in [5.41, 5.74) is 5.63. The summed E-state index contributed by atoms with van der Waals surface area (Å²) >= 11 is 0. The molecule has 0 aliphatic heterocycles. The van der Waals surface area contributed by atoms with E-state index in [1.54, 1.807) is 21.1 Å². The van der Waals surface area contributed by atoms with Gasteiger partial charge in [0.15, 0.2) is 5.78 Å². The number of carbonyl (C=O) groups is 1. The summed E-state index contributed by atoms with van der Waals surface area (Å²) in [5.74, 6) is 0.0983. The third kappa shape index (κ3) is 2.68. The Labute approximate surface area is 143 Å². The number of hydrogen-bond donors (Lipinski definition) is 0. The fourth-order valence-corrected chi connectivity index (χ4v) is 3.89. The standard InChI is InChI=1S/C21H24O3/c1-15(22)16-8-9-18-17-6-4-5-7-19(17)21(10-12-23-2,11-13-24-3)20(18)14-16/h4-9,14H,10-13H2,1-3H3. The summed E-state index contributed by atoms with van der Waals surface area (Å²) in [7, 11) is 3.47. The van der Waals surface area contributed by atoms with E-state index in [1.165, 1.54) is 22.3 Å². The van der Waals surface area contributed by atoms with E-state index >= 15 is 0 Å². The zero-order chi connectivity index (χ0) is 17.2. The molecule has 2 aromatic carbocycles. The van der Waals surface area contributed by atoms with Crippen LogP contribution in [-0.4, -0.2) is 33.2 Å². The van der Waals surface area contributed by atoms with E-state index in [0.717, 1.165) is 18.4 Å². The Kier molecular flexibility index (Phi) is 4.83. The highest BCUT2D eigenvalue weighted by Crippen LogP contribution is 2.52. The van der Waals surface area contributed by atoms with E-state index in [1.807, 2.05) is 6.07 Å². The Balaban J connectivity index is 2.22. The number of carbonyl (C=O) groups excluding carboxylic acids is 1. The van der Waals surface area contributed by atoms with Gasteiger partial charge in [-0.25, -0.2) is 0 Å². The van der Waals surface area contributed by atoms with Gasteiger partial charge in [0.2, 0.25) is 0 Å². The molecule has 0 amide bonds. The van der Waals surface area contributed by atoms with Gasteiger partial charge in [0.1, 0.15) is 0 Å². The van der Waals surface area contributed by atoms with Gasteiger partial charge in [0.05, 0.1) is 0 Å². The first-order chi connectivity index (χ1) is 11.6. The molecule has 1 aliphatic carbocycles. The van der Waals surface area contributed by atoms with Crippen LogP contribution in [0, 0.1) is 0 Å². The first kappa shape index (κ1) is 16.9. The van der Waals surface area contributed by atoms with E-state index in [9.17, 15) is 4.79 Å². The second-order valence-electron chi connectivity index (χ2n) is 6.43. The fourth-order valence-electron chi connectivity index (χ4n) is 3.89. The molecule has 0 N–H and O–H groups in total. The van der Waals surface area contributed by atoms with Crippen LogP contribution in [0.2, 0.25) is 0 Å². The van der Waals surface area contributed by atoms with Crippen LogP contribution in [0.3, 0.4) is 0 Å². The minimum absolute atomic E-state index is 0.0983. The maximum Gasteiger partial charge on any atom is 0.159 e. The molecule has 3 heteroatoms. The summed E-state index contributed by atoms with van der Waals surface area (Å²) < 4.78 is 10.8. The van der Waals surface area contributed by atoms with E-state index in [-0.39, 0.29) is 11.2 Å². The molecule has 3 rings (SSSR count). The molecule has 0 heterocycles. The van der Waals surface area contributed by atoms with Gasteiger partial charge in [-0.05, 0) is 48.1 Å². The van der Waals surface area contributed by atoms with Crippen LogP contribution in [0.1, 0.15) is 41.3 Å². The predicted octanol–water partition coefficient (Wildman–Crippen LogP) is 4.23. The number of ether oxygens (including phenoxy) is 2. The highest BCUT2D eigenvalue weighted by Gasteiger charge is 2.42. The van der Waals surface area contributed by atoms with E-state index in [4.69, 9.17) is 9.47 Å². The average Bonchev–Trinajstić information content (AvgIpc) is 2.88. The van der Waals surface area contributed by atoms with E-state index in [0.29, 0.717) is 13.2 Å². The van der Waals surface area contributed by atoms with Crippen LogP contribution in [0.15, 0.2) is 42.5 Å². The first-order valence-corrected chi connectivity index (χ1v) is 8.37. The van der Waals surface area contributed by atoms with Gasteiger partial charge in [0, 0.05) is 38.4 Å². The highest BCUT2D eigenvalue weighted by molar-refractivity contribution is 5.96. The van der Waals surface area contributed by atoms with Gasteiger partial charge < -0.3 is 9.47 Å². The largest absolute Gasteiger partial charge is 0.385 e. The summed E-state index contributed by atoms with van der Waals surface area (Å²) in [6.07, 6.45) is 1.75. The van der Waals surface area contributed by atoms with Gasteiger partial charge in [-0.2, -0.15) is 0 Å². The molecule has 126 valence electrons. The highest BCUT2D eigenvalue weighted by atomic mass is 16.5. The molecule has 0 unspecified atom stereocenters. The quantitative estimate of drug-likeness (QED) is 0.715. The van der Waals surface area contributed by atoms with Crippen molar-refractivity contribution in [1.29, 1.82) is 0 Å². The molecular formula is C21H24O3. The van der Waals surface area contributed by atoms with Crippen LogP contribution >= 0.6 is 0 Å². The number of hydrogen-bond acceptors (Lipinski definition) is 3. The minimum Gasteiger partial charge on any atom is -0.385 e. The van der Waals surface area contributed by atoms with Gasteiger partial charge in [0.25, 0.3) is 0 Å². The molecular weight excluding hydrogens is 300 g/mol. The Morgan fingerprint density at radius 1 is 0.917 bits per heavy atom. The van der Waals surface area contributed by atoms with Crippen LogP contribution < -0.4 is 0 Å². The molecule has 0 saturated carbocycles. The van der Waals surface area contributed by atoms with Crippen molar-refractivity contribution in [2.75, 3.05) is 27.4 Å². The van der Waals surface area contributed by atoms with Crippen LogP contribution in [-0.2, 0) is 14.9 Å². The number of fused-ring (bicyclic) bond motifs is 3. The maximum absolute atomic E-state index is 11.9. The average molecular weight is 324 g/mol. The summed E-state index contributed by atoms with van der Waals surface area (Å²) in [5, 5.41) is 0. The lowest BCUT2D eigenvalue weighted by Crippen LogP contribution is -2.29. The van der Waals surface area contributed by atoms with E-state index in [2.05, 4.69) is 36.4 Å². The Morgan fingerprint density at radius 2 is 1.54 bits per heavy atom. The molecule has 0 spiro atoms. The van der Waals surface area contributed by atoms with Crippen molar-refractivity contribution in [3.8, 4) is 11.1 Å².